The van der Waals surface area contributed by atoms with Crippen LogP contribution in [0.3, 0.4) is 0 Å². The number of fused-ring (bicyclic) bond motifs is 1. The second kappa shape index (κ2) is 5.58. The molecule has 0 spiro atoms. The maximum absolute atomic E-state index is 13.5. The average Bonchev–Trinajstić information content (AvgIpc) is 3.17. The van der Waals surface area contributed by atoms with Crippen LogP contribution in [0.15, 0.2) is 12.1 Å². The zero-order chi connectivity index (χ0) is 14.1. The van der Waals surface area contributed by atoms with Crippen molar-refractivity contribution in [1.29, 1.82) is 0 Å². The van der Waals surface area contributed by atoms with E-state index in [4.69, 9.17) is 22.1 Å². The fourth-order valence-corrected chi connectivity index (χ4v) is 2.39. The van der Waals surface area contributed by atoms with Gasteiger partial charge in [-0.25, -0.2) is 9.37 Å². The van der Waals surface area contributed by atoms with Gasteiger partial charge in [0, 0.05) is 25.8 Å². The van der Waals surface area contributed by atoms with E-state index in [1.165, 1.54) is 25.0 Å². The quantitative estimate of drug-likeness (QED) is 0.833. The SMILES string of the molecule is Nc1nc2cc(Cl)c(F)cc2n1CCCOCC1CC1. The first-order chi connectivity index (χ1) is 9.65. The Labute approximate surface area is 121 Å². The normalized spacial score (nSPS) is 15.1. The molecule has 4 nitrogen and oxygen atoms in total. The van der Waals surface area contributed by atoms with Crippen LogP contribution in [0.5, 0.6) is 0 Å². The highest BCUT2D eigenvalue weighted by Gasteiger charge is 2.20. The summed E-state index contributed by atoms with van der Waals surface area (Å²) in [5, 5.41) is 0.0647. The summed E-state index contributed by atoms with van der Waals surface area (Å²) in [5.41, 5.74) is 7.16. The fraction of sp³-hybridized carbons (Fsp3) is 0.500. The van der Waals surface area contributed by atoms with Gasteiger partial charge in [0.2, 0.25) is 5.95 Å². The second-order valence-corrected chi connectivity index (χ2v) is 5.66. The zero-order valence-corrected chi connectivity index (χ0v) is 11.9. The van der Waals surface area contributed by atoms with Gasteiger partial charge in [0.25, 0.3) is 0 Å². The maximum Gasteiger partial charge on any atom is 0.201 e. The molecule has 0 bridgehead atoms. The van der Waals surface area contributed by atoms with Crippen molar-refractivity contribution >= 4 is 28.6 Å². The molecular weight excluding hydrogens is 281 g/mol. The highest BCUT2D eigenvalue weighted by atomic mass is 35.5. The largest absolute Gasteiger partial charge is 0.381 e. The molecule has 0 amide bonds. The van der Waals surface area contributed by atoms with E-state index >= 15 is 0 Å². The van der Waals surface area contributed by atoms with E-state index in [1.54, 1.807) is 4.57 Å². The van der Waals surface area contributed by atoms with Crippen molar-refractivity contribution in [2.24, 2.45) is 5.92 Å². The van der Waals surface area contributed by atoms with E-state index in [1.807, 2.05) is 0 Å². The standard InChI is InChI=1S/C14H17ClFN3O/c15-10-6-12-13(7-11(10)16)19(14(17)18-12)4-1-5-20-8-9-2-3-9/h6-7,9H,1-5,8H2,(H2,17,18). The molecule has 2 N–H and O–H groups in total. The number of imidazole rings is 1. The summed E-state index contributed by atoms with van der Waals surface area (Å²) < 4.78 is 20.9. The summed E-state index contributed by atoms with van der Waals surface area (Å²) in [5.74, 6) is 0.694. The molecule has 20 heavy (non-hydrogen) atoms. The van der Waals surface area contributed by atoms with E-state index in [0.29, 0.717) is 30.1 Å². The van der Waals surface area contributed by atoms with E-state index in [0.717, 1.165) is 18.9 Å². The molecule has 0 aliphatic heterocycles. The van der Waals surface area contributed by atoms with Crippen LogP contribution in [0.4, 0.5) is 10.3 Å². The summed E-state index contributed by atoms with van der Waals surface area (Å²) in [6.45, 7) is 2.20. The topological polar surface area (TPSA) is 53.1 Å². The van der Waals surface area contributed by atoms with Crippen LogP contribution < -0.4 is 5.73 Å². The number of hydrogen-bond donors (Lipinski definition) is 1. The van der Waals surface area contributed by atoms with Gasteiger partial charge in [-0.15, -0.1) is 0 Å². The minimum atomic E-state index is -0.453. The lowest BCUT2D eigenvalue weighted by Gasteiger charge is -2.07. The molecule has 2 aromatic rings. The molecule has 1 aliphatic rings. The van der Waals surface area contributed by atoms with E-state index < -0.39 is 5.82 Å². The summed E-state index contributed by atoms with van der Waals surface area (Å²) in [6.07, 6.45) is 3.41. The summed E-state index contributed by atoms with van der Waals surface area (Å²) in [6, 6.07) is 2.88. The van der Waals surface area contributed by atoms with E-state index in [9.17, 15) is 4.39 Å². The Morgan fingerprint density at radius 1 is 1.45 bits per heavy atom. The number of nitrogens with two attached hydrogens (primary N) is 1. The molecule has 1 aromatic carbocycles. The van der Waals surface area contributed by atoms with Crippen LogP contribution in [0.25, 0.3) is 11.0 Å². The summed E-state index contributed by atoms with van der Waals surface area (Å²) in [7, 11) is 0. The third kappa shape index (κ3) is 2.88. The molecule has 1 aromatic heterocycles. The molecule has 0 saturated heterocycles. The highest BCUT2D eigenvalue weighted by Crippen LogP contribution is 2.29. The first-order valence-electron chi connectivity index (χ1n) is 6.83. The number of anilines is 1. The molecule has 1 saturated carbocycles. The van der Waals surface area contributed by atoms with Crippen LogP contribution in [0.2, 0.25) is 5.02 Å². The monoisotopic (exact) mass is 297 g/mol. The van der Waals surface area contributed by atoms with E-state index in [2.05, 4.69) is 4.98 Å². The molecule has 0 radical (unpaired) electrons. The molecule has 0 unspecified atom stereocenters. The Morgan fingerprint density at radius 2 is 2.25 bits per heavy atom. The molecule has 1 aliphatic carbocycles. The number of nitrogens with zero attached hydrogens (tertiary/aromatic N) is 2. The maximum atomic E-state index is 13.5. The van der Waals surface area contributed by atoms with Gasteiger partial charge in [-0.05, 0) is 31.2 Å². The summed E-state index contributed by atoms with van der Waals surface area (Å²) >= 11 is 5.75. The minimum absolute atomic E-state index is 0.0647. The predicted octanol–water partition coefficient (Wildman–Crippen LogP) is 3.23. The Balaban J connectivity index is 1.66. The Bertz CT molecular complexity index is 624. The van der Waals surface area contributed by atoms with Crippen LogP contribution in [0, 0.1) is 11.7 Å². The first kappa shape index (κ1) is 13.6. The lowest BCUT2D eigenvalue weighted by molar-refractivity contribution is 0.119. The van der Waals surface area contributed by atoms with Crippen molar-refractivity contribution in [1.82, 2.24) is 9.55 Å². The minimum Gasteiger partial charge on any atom is -0.381 e. The van der Waals surface area contributed by atoms with E-state index in [-0.39, 0.29) is 5.02 Å². The lowest BCUT2D eigenvalue weighted by Crippen LogP contribution is -2.07. The molecule has 1 heterocycles. The predicted molar refractivity (Wildman–Crippen MR) is 77.3 cm³/mol. The lowest BCUT2D eigenvalue weighted by atomic mass is 10.3. The Kier molecular flexibility index (Phi) is 3.81. The van der Waals surface area contributed by atoms with Gasteiger partial charge in [-0.3, -0.25) is 0 Å². The first-order valence-corrected chi connectivity index (χ1v) is 7.21. The number of aromatic nitrogens is 2. The van der Waals surface area contributed by atoms with Crippen molar-refractivity contribution in [2.75, 3.05) is 18.9 Å². The molecule has 108 valence electrons. The third-order valence-corrected chi connectivity index (χ3v) is 3.83. The van der Waals surface area contributed by atoms with Gasteiger partial charge in [-0.2, -0.15) is 0 Å². The highest BCUT2D eigenvalue weighted by molar-refractivity contribution is 6.31. The number of aryl methyl sites for hydroxylation is 1. The van der Waals surface area contributed by atoms with Gasteiger partial charge in [0.05, 0.1) is 16.1 Å². The van der Waals surface area contributed by atoms with Crippen molar-refractivity contribution in [3.05, 3.63) is 23.0 Å². The third-order valence-electron chi connectivity index (χ3n) is 3.54. The fourth-order valence-electron chi connectivity index (χ4n) is 2.23. The van der Waals surface area contributed by atoms with Gasteiger partial charge in [0.1, 0.15) is 5.82 Å². The summed E-state index contributed by atoms with van der Waals surface area (Å²) in [4.78, 5) is 4.20. The number of benzene rings is 1. The number of halogens is 2. The zero-order valence-electron chi connectivity index (χ0n) is 11.1. The molecule has 0 atom stereocenters. The van der Waals surface area contributed by atoms with Crippen molar-refractivity contribution < 1.29 is 9.13 Å². The number of rotatable bonds is 6. The van der Waals surface area contributed by atoms with Gasteiger partial charge >= 0.3 is 0 Å². The smallest absolute Gasteiger partial charge is 0.201 e. The average molecular weight is 298 g/mol. The Morgan fingerprint density at radius 3 is 3.00 bits per heavy atom. The number of nitrogen functional groups attached to an aromatic ring is 1. The molecule has 6 heteroatoms. The van der Waals surface area contributed by atoms with Crippen LogP contribution in [-0.4, -0.2) is 22.8 Å². The van der Waals surface area contributed by atoms with Crippen molar-refractivity contribution in [3.63, 3.8) is 0 Å². The second-order valence-electron chi connectivity index (χ2n) is 5.25. The van der Waals surface area contributed by atoms with Gasteiger partial charge in [0.15, 0.2) is 0 Å². The van der Waals surface area contributed by atoms with Gasteiger partial charge in [-0.1, -0.05) is 11.6 Å². The van der Waals surface area contributed by atoms with Crippen molar-refractivity contribution in [3.8, 4) is 0 Å². The number of ether oxygens (including phenoxy) is 1. The van der Waals surface area contributed by atoms with Crippen LogP contribution in [0.1, 0.15) is 19.3 Å². The molecule has 3 rings (SSSR count). The van der Waals surface area contributed by atoms with Crippen LogP contribution in [-0.2, 0) is 11.3 Å². The van der Waals surface area contributed by atoms with Gasteiger partial charge < -0.3 is 15.0 Å². The Hall–Kier alpha value is -1.33. The van der Waals surface area contributed by atoms with Crippen molar-refractivity contribution in [2.45, 2.75) is 25.8 Å². The van der Waals surface area contributed by atoms with Crippen LogP contribution >= 0.6 is 11.6 Å². The molecular formula is C14H17ClFN3O. The molecule has 1 fully saturated rings. The number of hydrogen-bond acceptors (Lipinski definition) is 3.